The van der Waals surface area contributed by atoms with E-state index in [9.17, 15) is 13.2 Å². The highest BCUT2D eigenvalue weighted by Crippen LogP contribution is 2.40. The zero-order valence-corrected chi connectivity index (χ0v) is 14.3. The summed E-state index contributed by atoms with van der Waals surface area (Å²) in [7, 11) is -2.13. The van der Waals surface area contributed by atoms with E-state index >= 15 is 0 Å². The second-order valence-electron chi connectivity index (χ2n) is 4.84. The van der Waals surface area contributed by atoms with Crippen molar-refractivity contribution in [3.63, 3.8) is 0 Å². The molecule has 0 spiro atoms. The number of hydrogen-bond acceptors (Lipinski definition) is 4. The van der Waals surface area contributed by atoms with Crippen molar-refractivity contribution in [2.75, 3.05) is 24.3 Å². The Kier molecular flexibility index (Phi) is 4.82. The van der Waals surface area contributed by atoms with Crippen LogP contribution < -0.4 is 14.8 Å². The second kappa shape index (κ2) is 6.12. The van der Waals surface area contributed by atoms with E-state index in [1.54, 1.807) is 12.1 Å². The third-order valence-electron chi connectivity index (χ3n) is 3.16. The average molecular weight is 398 g/mol. The minimum Gasteiger partial charge on any atom is -0.493 e. The first kappa shape index (κ1) is 16.5. The van der Waals surface area contributed by atoms with Gasteiger partial charge in [0.05, 0.1) is 23.0 Å². The van der Waals surface area contributed by atoms with Crippen LogP contribution in [0.3, 0.4) is 0 Å². The van der Waals surface area contributed by atoms with Crippen molar-refractivity contribution >= 4 is 49.1 Å². The molecule has 1 aromatic carbocycles. The summed E-state index contributed by atoms with van der Waals surface area (Å²) in [5.41, 5.74) is 0.513. The fraction of sp³-hybridized carbons (Fsp3) is 0.417. The summed E-state index contributed by atoms with van der Waals surface area (Å²) in [6, 6.07) is 3.27. The number of nitrogens with zero attached hydrogens (tertiary/aromatic N) is 1. The Morgan fingerprint density at radius 2 is 2.19 bits per heavy atom. The van der Waals surface area contributed by atoms with Gasteiger partial charge in [-0.15, -0.1) is 0 Å². The molecule has 1 aromatic rings. The van der Waals surface area contributed by atoms with Crippen molar-refractivity contribution in [2.24, 2.45) is 11.1 Å². The van der Waals surface area contributed by atoms with Crippen molar-refractivity contribution in [2.45, 2.75) is 6.42 Å². The van der Waals surface area contributed by atoms with E-state index in [1.165, 1.54) is 12.0 Å². The zero-order valence-electron chi connectivity index (χ0n) is 11.2. The Bertz CT molecular complexity index is 680. The summed E-state index contributed by atoms with van der Waals surface area (Å²) in [6.45, 7) is 0.262. The summed E-state index contributed by atoms with van der Waals surface area (Å²) >= 11 is 9.33. The predicted octanol–water partition coefficient (Wildman–Crippen LogP) is 1.75. The van der Waals surface area contributed by atoms with Crippen LogP contribution in [0.25, 0.3) is 0 Å². The van der Waals surface area contributed by atoms with Gasteiger partial charge in [0.2, 0.25) is 15.9 Å². The van der Waals surface area contributed by atoms with Gasteiger partial charge >= 0.3 is 0 Å². The molecular formula is C12H14BrClN2O4S. The van der Waals surface area contributed by atoms with E-state index in [0.717, 1.165) is 0 Å². The SMILES string of the molecule is COc1c(Br)cc(Cl)cc1N1CC(CS(N)(=O)=O)CC1=O. The number of rotatable bonds is 4. The molecule has 0 aliphatic carbocycles. The standard InChI is InChI=1S/C12H14BrClN2O4S/c1-20-12-9(13)3-8(14)4-10(12)16-5-7(2-11(16)17)6-21(15,18)19/h3-4,7H,2,5-6H2,1H3,(H2,15,18,19). The molecule has 0 bridgehead atoms. The van der Waals surface area contributed by atoms with Gasteiger partial charge in [-0.1, -0.05) is 11.6 Å². The van der Waals surface area contributed by atoms with Gasteiger partial charge in [0.25, 0.3) is 0 Å². The molecule has 6 nitrogen and oxygen atoms in total. The summed E-state index contributed by atoms with van der Waals surface area (Å²) in [4.78, 5) is 13.6. The van der Waals surface area contributed by atoms with Crippen LogP contribution in [0, 0.1) is 5.92 Å². The highest BCUT2D eigenvalue weighted by molar-refractivity contribution is 9.10. The molecule has 0 aromatic heterocycles. The number of sulfonamides is 1. The zero-order chi connectivity index (χ0) is 15.8. The van der Waals surface area contributed by atoms with Crippen molar-refractivity contribution in [1.82, 2.24) is 0 Å². The highest BCUT2D eigenvalue weighted by Gasteiger charge is 2.34. The Hall–Kier alpha value is -0.830. The van der Waals surface area contributed by atoms with Crippen LogP contribution in [-0.4, -0.2) is 33.7 Å². The number of benzene rings is 1. The largest absolute Gasteiger partial charge is 0.493 e. The molecule has 1 unspecified atom stereocenters. The molecule has 2 rings (SSSR count). The Morgan fingerprint density at radius 1 is 1.52 bits per heavy atom. The van der Waals surface area contributed by atoms with Crippen LogP contribution in [0.2, 0.25) is 5.02 Å². The van der Waals surface area contributed by atoms with E-state index in [4.69, 9.17) is 21.5 Å². The third kappa shape index (κ3) is 3.88. The van der Waals surface area contributed by atoms with E-state index in [0.29, 0.717) is 20.9 Å². The molecule has 2 N–H and O–H groups in total. The number of primary sulfonamides is 1. The number of halogens is 2. The minimum absolute atomic E-state index is 0.129. The molecule has 1 heterocycles. The normalized spacial score (nSPS) is 19.1. The topological polar surface area (TPSA) is 89.7 Å². The Labute approximate surface area is 136 Å². The van der Waals surface area contributed by atoms with Crippen molar-refractivity contribution in [3.8, 4) is 5.75 Å². The molecule has 9 heteroatoms. The monoisotopic (exact) mass is 396 g/mol. The summed E-state index contributed by atoms with van der Waals surface area (Å²) in [5.74, 6) is -0.269. The quantitative estimate of drug-likeness (QED) is 0.838. The maximum absolute atomic E-state index is 12.1. The number of nitrogens with two attached hydrogens (primary N) is 1. The summed E-state index contributed by atoms with van der Waals surface area (Å²) in [6.07, 6.45) is 0.129. The number of amides is 1. The minimum atomic E-state index is -3.61. The maximum atomic E-state index is 12.1. The van der Waals surface area contributed by atoms with Crippen LogP contribution >= 0.6 is 27.5 Å². The predicted molar refractivity (Wildman–Crippen MR) is 84.1 cm³/mol. The number of methoxy groups -OCH3 is 1. The number of anilines is 1. The van der Waals surface area contributed by atoms with Gasteiger partial charge in [-0.05, 0) is 28.1 Å². The first-order chi connectivity index (χ1) is 9.71. The van der Waals surface area contributed by atoms with Gasteiger partial charge in [-0.3, -0.25) is 4.79 Å². The fourth-order valence-corrected chi connectivity index (χ4v) is 4.24. The highest BCUT2D eigenvalue weighted by atomic mass is 79.9. The molecule has 0 radical (unpaired) electrons. The summed E-state index contributed by atoms with van der Waals surface area (Å²) < 4.78 is 28.2. The van der Waals surface area contributed by atoms with Crippen LogP contribution in [0.4, 0.5) is 5.69 Å². The van der Waals surface area contributed by atoms with Crippen molar-refractivity contribution in [1.29, 1.82) is 0 Å². The maximum Gasteiger partial charge on any atom is 0.227 e. The lowest BCUT2D eigenvalue weighted by atomic mass is 10.1. The molecular weight excluding hydrogens is 384 g/mol. The number of ether oxygens (including phenoxy) is 1. The molecule has 116 valence electrons. The van der Waals surface area contributed by atoms with Gasteiger partial charge in [0.15, 0.2) is 5.75 Å². The number of hydrogen-bond donors (Lipinski definition) is 1. The molecule has 21 heavy (non-hydrogen) atoms. The Balaban J connectivity index is 2.33. The molecule has 1 aliphatic heterocycles. The van der Waals surface area contributed by atoms with E-state index in [-0.39, 0.29) is 30.5 Å². The lowest BCUT2D eigenvalue weighted by Crippen LogP contribution is -2.27. The molecule has 0 saturated carbocycles. The van der Waals surface area contributed by atoms with Crippen LogP contribution in [0.15, 0.2) is 16.6 Å². The lowest BCUT2D eigenvalue weighted by molar-refractivity contribution is -0.117. The first-order valence-corrected chi connectivity index (χ1v) is 8.93. The van der Waals surface area contributed by atoms with Gasteiger partial charge in [-0.25, -0.2) is 13.6 Å². The van der Waals surface area contributed by atoms with Crippen LogP contribution in [-0.2, 0) is 14.8 Å². The second-order valence-corrected chi connectivity index (χ2v) is 7.79. The van der Waals surface area contributed by atoms with E-state index in [2.05, 4.69) is 15.9 Å². The molecule has 1 saturated heterocycles. The Morgan fingerprint density at radius 3 is 2.76 bits per heavy atom. The van der Waals surface area contributed by atoms with Gasteiger partial charge in [-0.2, -0.15) is 0 Å². The van der Waals surface area contributed by atoms with Gasteiger partial charge in [0, 0.05) is 23.9 Å². The van der Waals surface area contributed by atoms with E-state index < -0.39 is 10.0 Å². The first-order valence-electron chi connectivity index (χ1n) is 6.05. The fourth-order valence-electron chi connectivity index (χ4n) is 2.40. The van der Waals surface area contributed by atoms with Crippen LogP contribution in [0.5, 0.6) is 5.75 Å². The lowest BCUT2D eigenvalue weighted by Gasteiger charge is -2.21. The van der Waals surface area contributed by atoms with E-state index in [1.807, 2.05) is 0 Å². The van der Waals surface area contributed by atoms with Gasteiger partial charge in [0.1, 0.15) is 0 Å². The molecule has 1 amide bonds. The summed E-state index contributed by atoms with van der Waals surface area (Å²) in [5, 5.41) is 5.48. The third-order valence-corrected chi connectivity index (χ3v) is 4.90. The number of carbonyl (C=O) groups excluding carboxylic acids is 1. The molecule has 1 aliphatic rings. The van der Waals surface area contributed by atoms with Crippen molar-refractivity contribution in [3.05, 3.63) is 21.6 Å². The molecule has 1 atom stereocenters. The van der Waals surface area contributed by atoms with Crippen molar-refractivity contribution < 1.29 is 17.9 Å². The molecule has 1 fully saturated rings. The van der Waals surface area contributed by atoms with Crippen LogP contribution in [0.1, 0.15) is 6.42 Å². The smallest absolute Gasteiger partial charge is 0.227 e. The average Bonchev–Trinajstić information content (AvgIpc) is 2.66. The van der Waals surface area contributed by atoms with Gasteiger partial charge < -0.3 is 9.64 Å². The number of carbonyl (C=O) groups is 1.